The van der Waals surface area contributed by atoms with Crippen molar-refractivity contribution in [2.75, 3.05) is 6.54 Å². The van der Waals surface area contributed by atoms with Crippen molar-refractivity contribution in [3.05, 3.63) is 63.7 Å². The van der Waals surface area contributed by atoms with Gasteiger partial charge in [-0.3, -0.25) is 10.1 Å². The van der Waals surface area contributed by atoms with Crippen molar-refractivity contribution in [2.24, 2.45) is 0 Å². The average Bonchev–Trinajstić information content (AvgIpc) is 2.48. The molecule has 2 aromatic rings. The van der Waals surface area contributed by atoms with Crippen molar-refractivity contribution in [2.45, 2.75) is 20.4 Å². The van der Waals surface area contributed by atoms with Gasteiger partial charge in [-0.1, -0.05) is 31.2 Å². The van der Waals surface area contributed by atoms with Crippen LogP contribution in [0, 0.1) is 17.0 Å². The zero-order valence-electron chi connectivity index (χ0n) is 12.1. The summed E-state index contributed by atoms with van der Waals surface area (Å²) in [7, 11) is 0. The largest absolute Gasteiger partial charge is 0.450 e. The van der Waals surface area contributed by atoms with Crippen molar-refractivity contribution < 1.29 is 9.66 Å². The van der Waals surface area contributed by atoms with Gasteiger partial charge in [-0.25, -0.2) is 0 Å². The minimum atomic E-state index is -0.437. The normalized spacial score (nSPS) is 10.4. The number of ether oxygens (including phenoxy) is 1. The summed E-state index contributed by atoms with van der Waals surface area (Å²) >= 11 is 0. The molecule has 0 saturated carbocycles. The van der Waals surface area contributed by atoms with Crippen molar-refractivity contribution >= 4 is 5.69 Å². The molecule has 0 radical (unpaired) electrons. The topological polar surface area (TPSA) is 64.4 Å². The summed E-state index contributed by atoms with van der Waals surface area (Å²) in [4.78, 5) is 10.6. The third-order valence-electron chi connectivity index (χ3n) is 3.11. The number of hydrogen-bond donors (Lipinski definition) is 1. The second-order valence-corrected chi connectivity index (χ2v) is 4.71. The molecule has 0 fully saturated rings. The van der Waals surface area contributed by atoms with Crippen LogP contribution in [0.5, 0.6) is 11.5 Å². The van der Waals surface area contributed by atoms with Gasteiger partial charge in [-0.05, 0) is 36.7 Å². The maximum Gasteiger partial charge on any atom is 0.311 e. The van der Waals surface area contributed by atoms with Crippen LogP contribution >= 0.6 is 0 Å². The van der Waals surface area contributed by atoms with Gasteiger partial charge in [0.15, 0.2) is 0 Å². The van der Waals surface area contributed by atoms with Crippen LogP contribution < -0.4 is 10.1 Å². The van der Waals surface area contributed by atoms with Crippen molar-refractivity contribution in [1.29, 1.82) is 0 Å². The van der Waals surface area contributed by atoms with Crippen LogP contribution in [-0.2, 0) is 6.54 Å². The summed E-state index contributed by atoms with van der Waals surface area (Å²) in [5.41, 5.74) is 1.98. The van der Waals surface area contributed by atoms with Gasteiger partial charge in [0, 0.05) is 12.6 Å². The van der Waals surface area contributed by atoms with E-state index in [2.05, 4.69) is 5.32 Å². The fraction of sp³-hybridized carbons (Fsp3) is 0.250. The van der Waals surface area contributed by atoms with E-state index in [9.17, 15) is 10.1 Å². The second-order valence-electron chi connectivity index (χ2n) is 4.71. The van der Waals surface area contributed by atoms with Crippen molar-refractivity contribution in [1.82, 2.24) is 5.32 Å². The van der Waals surface area contributed by atoms with Gasteiger partial charge in [0.2, 0.25) is 5.75 Å². The highest BCUT2D eigenvalue weighted by Crippen LogP contribution is 2.32. The van der Waals surface area contributed by atoms with E-state index in [1.54, 1.807) is 18.2 Å². The molecule has 0 spiro atoms. The molecule has 5 nitrogen and oxygen atoms in total. The van der Waals surface area contributed by atoms with Crippen molar-refractivity contribution in [3.63, 3.8) is 0 Å². The van der Waals surface area contributed by atoms with E-state index >= 15 is 0 Å². The van der Waals surface area contributed by atoms with Gasteiger partial charge in [-0.15, -0.1) is 0 Å². The van der Waals surface area contributed by atoms with Gasteiger partial charge in [0.1, 0.15) is 5.75 Å². The maximum atomic E-state index is 11.0. The van der Waals surface area contributed by atoms with Gasteiger partial charge in [-0.2, -0.15) is 0 Å². The first-order valence-corrected chi connectivity index (χ1v) is 6.83. The Balaban J connectivity index is 2.29. The third-order valence-corrected chi connectivity index (χ3v) is 3.11. The Bertz CT molecular complexity index is 641. The zero-order valence-corrected chi connectivity index (χ0v) is 12.1. The van der Waals surface area contributed by atoms with Gasteiger partial charge in [0.25, 0.3) is 0 Å². The smallest absolute Gasteiger partial charge is 0.311 e. The quantitative estimate of drug-likeness (QED) is 0.648. The average molecular weight is 286 g/mol. The lowest BCUT2D eigenvalue weighted by Gasteiger charge is -2.11. The zero-order chi connectivity index (χ0) is 15.2. The molecule has 21 heavy (non-hydrogen) atoms. The van der Waals surface area contributed by atoms with Gasteiger partial charge < -0.3 is 10.1 Å². The maximum absolute atomic E-state index is 11.0. The van der Waals surface area contributed by atoms with E-state index in [1.165, 1.54) is 6.07 Å². The first kappa shape index (κ1) is 15.0. The Morgan fingerprint density at radius 2 is 1.95 bits per heavy atom. The van der Waals surface area contributed by atoms with Gasteiger partial charge in [0.05, 0.1) is 4.92 Å². The molecule has 5 heteroatoms. The summed E-state index contributed by atoms with van der Waals surface area (Å²) in [5, 5.41) is 14.3. The summed E-state index contributed by atoms with van der Waals surface area (Å²) in [5.74, 6) is 0.894. The Kier molecular flexibility index (Phi) is 4.90. The predicted octanol–water partition coefficient (Wildman–Crippen LogP) is 3.81. The van der Waals surface area contributed by atoms with Crippen LogP contribution in [0.3, 0.4) is 0 Å². The Morgan fingerprint density at radius 1 is 1.19 bits per heavy atom. The minimum Gasteiger partial charge on any atom is -0.450 e. The van der Waals surface area contributed by atoms with Crippen LogP contribution in [0.4, 0.5) is 5.69 Å². The Labute approximate surface area is 123 Å². The fourth-order valence-corrected chi connectivity index (χ4v) is 1.95. The lowest BCUT2D eigenvalue weighted by molar-refractivity contribution is -0.385. The lowest BCUT2D eigenvalue weighted by atomic mass is 10.1. The van der Waals surface area contributed by atoms with E-state index in [0.29, 0.717) is 5.75 Å². The predicted molar refractivity (Wildman–Crippen MR) is 81.7 cm³/mol. The highest BCUT2D eigenvalue weighted by molar-refractivity contribution is 5.49. The van der Waals surface area contributed by atoms with Crippen molar-refractivity contribution in [3.8, 4) is 11.5 Å². The molecule has 110 valence electrons. The summed E-state index contributed by atoms with van der Waals surface area (Å²) in [6.45, 7) is 5.58. The molecular weight excluding hydrogens is 268 g/mol. The molecule has 2 aromatic carbocycles. The molecular formula is C16H18N2O3. The molecule has 0 aliphatic carbocycles. The molecule has 0 amide bonds. The summed E-state index contributed by atoms with van der Waals surface area (Å²) in [6.07, 6.45) is 0. The first-order chi connectivity index (χ1) is 10.1. The highest BCUT2D eigenvalue weighted by atomic mass is 16.6. The first-order valence-electron chi connectivity index (χ1n) is 6.83. The van der Waals surface area contributed by atoms with Gasteiger partial charge >= 0.3 is 5.69 Å². The summed E-state index contributed by atoms with van der Waals surface area (Å²) < 4.78 is 5.75. The molecule has 0 heterocycles. The number of nitro groups is 1. The fourth-order valence-electron chi connectivity index (χ4n) is 1.95. The van der Waals surface area contributed by atoms with E-state index in [0.717, 1.165) is 24.2 Å². The van der Waals surface area contributed by atoms with E-state index in [-0.39, 0.29) is 11.4 Å². The van der Waals surface area contributed by atoms with Crippen LogP contribution in [0.25, 0.3) is 0 Å². The van der Waals surface area contributed by atoms with Crippen LogP contribution in [0.2, 0.25) is 0 Å². The third kappa shape index (κ3) is 3.79. The van der Waals surface area contributed by atoms with E-state index < -0.39 is 4.92 Å². The lowest BCUT2D eigenvalue weighted by Crippen LogP contribution is -2.11. The highest BCUT2D eigenvalue weighted by Gasteiger charge is 2.15. The number of rotatable bonds is 6. The minimum absolute atomic E-state index is 0.0333. The van der Waals surface area contributed by atoms with E-state index in [1.807, 2.05) is 32.0 Å². The number of nitrogens with one attached hydrogen (secondary N) is 1. The molecule has 0 aliphatic rings. The number of hydrogen-bond acceptors (Lipinski definition) is 4. The molecule has 0 bridgehead atoms. The number of aryl methyl sites for hydroxylation is 1. The molecule has 0 atom stereocenters. The SMILES string of the molecule is CCNCc1ccc(C)c(Oc2ccccc2[N+](=O)[O-])c1. The summed E-state index contributed by atoms with van der Waals surface area (Å²) in [6, 6.07) is 12.3. The standard InChI is InChI=1S/C16H18N2O3/c1-3-17-11-13-9-8-12(2)16(10-13)21-15-7-5-4-6-14(15)18(19)20/h4-10,17H,3,11H2,1-2H3. The Hall–Kier alpha value is -2.40. The number of nitro benzene ring substituents is 1. The van der Waals surface area contributed by atoms with E-state index in [4.69, 9.17) is 4.74 Å². The van der Waals surface area contributed by atoms with Crippen LogP contribution in [0.1, 0.15) is 18.1 Å². The number of nitrogens with zero attached hydrogens (tertiary/aromatic N) is 1. The van der Waals surface area contributed by atoms with Crippen LogP contribution in [0.15, 0.2) is 42.5 Å². The second kappa shape index (κ2) is 6.85. The molecule has 0 unspecified atom stereocenters. The molecule has 0 aliphatic heterocycles. The Morgan fingerprint density at radius 3 is 2.67 bits per heavy atom. The molecule has 0 saturated heterocycles. The molecule has 0 aromatic heterocycles. The molecule has 1 N–H and O–H groups in total. The number of benzene rings is 2. The molecule has 2 rings (SSSR count). The monoisotopic (exact) mass is 286 g/mol. The van der Waals surface area contributed by atoms with Crippen LogP contribution in [-0.4, -0.2) is 11.5 Å². The number of para-hydroxylation sites is 2.